The van der Waals surface area contributed by atoms with Gasteiger partial charge in [0.2, 0.25) is 0 Å². The molecule has 1 aromatic carbocycles. The molecule has 1 atom stereocenters. The Labute approximate surface area is 114 Å². The van der Waals surface area contributed by atoms with E-state index in [9.17, 15) is 9.90 Å². The molecule has 0 bridgehead atoms. The largest absolute Gasteiger partial charge is 0.508 e. The number of carbonyl (C=O) groups is 1. The van der Waals surface area contributed by atoms with Gasteiger partial charge in [-0.2, -0.15) is 0 Å². The first kappa shape index (κ1) is 13.6. The smallest absolute Gasteiger partial charge is 0.320 e. The van der Waals surface area contributed by atoms with Gasteiger partial charge in [0, 0.05) is 11.5 Å². The molecule has 0 saturated carbocycles. The van der Waals surface area contributed by atoms with Crippen molar-refractivity contribution in [1.29, 1.82) is 0 Å². The summed E-state index contributed by atoms with van der Waals surface area (Å²) >= 11 is 3.63. The zero-order valence-electron chi connectivity index (χ0n) is 9.70. The zero-order chi connectivity index (χ0) is 13.1. The summed E-state index contributed by atoms with van der Waals surface area (Å²) in [5, 5.41) is 18.4. The first-order chi connectivity index (χ1) is 8.58. The maximum atomic E-state index is 10.8. The molecule has 0 aliphatic carbocycles. The van der Waals surface area contributed by atoms with Crippen LogP contribution in [-0.2, 0) is 11.2 Å². The lowest BCUT2D eigenvalue weighted by Gasteiger charge is -2.16. The van der Waals surface area contributed by atoms with Crippen molar-refractivity contribution in [2.24, 2.45) is 5.73 Å². The van der Waals surface area contributed by atoms with E-state index in [4.69, 9.17) is 10.8 Å². The Kier molecular flexibility index (Phi) is 4.42. The Balaban J connectivity index is 2.25. The van der Waals surface area contributed by atoms with Gasteiger partial charge in [-0.25, -0.2) is 0 Å². The van der Waals surface area contributed by atoms with Gasteiger partial charge in [-0.15, -0.1) is 23.5 Å². The Hall–Kier alpha value is -0.850. The third kappa shape index (κ3) is 3.13. The van der Waals surface area contributed by atoms with Crippen molar-refractivity contribution in [1.82, 2.24) is 0 Å². The van der Waals surface area contributed by atoms with Crippen LogP contribution in [-0.4, -0.2) is 33.7 Å². The van der Waals surface area contributed by atoms with Crippen LogP contribution in [0.4, 0.5) is 0 Å². The van der Waals surface area contributed by atoms with Gasteiger partial charge in [-0.1, -0.05) is 6.07 Å². The number of thioether (sulfide) groups is 2. The van der Waals surface area contributed by atoms with Gasteiger partial charge < -0.3 is 15.9 Å². The van der Waals surface area contributed by atoms with Crippen molar-refractivity contribution >= 4 is 29.5 Å². The maximum Gasteiger partial charge on any atom is 0.320 e. The summed E-state index contributed by atoms with van der Waals surface area (Å²) < 4.78 is 0.271. The number of aromatic hydroxyl groups is 1. The van der Waals surface area contributed by atoms with Crippen LogP contribution >= 0.6 is 23.5 Å². The van der Waals surface area contributed by atoms with E-state index in [1.807, 2.05) is 23.5 Å². The molecule has 18 heavy (non-hydrogen) atoms. The number of carboxylic acid groups (broad SMARTS) is 1. The quantitative estimate of drug-likeness (QED) is 0.782. The summed E-state index contributed by atoms with van der Waals surface area (Å²) in [6.07, 6.45) is 0.294. The lowest BCUT2D eigenvalue weighted by atomic mass is 10.0. The van der Waals surface area contributed by atoms with Crippen molar-refractivity contribution in [3.05, 3.63) is 29.3 Å². The molecule has 0 amide bonds. The third-order valence-electron chi connectivity index (χ3n) is 2.76. The molecule has 4 N–H and O–H groups in total. The van der Waals surface area contributed by atoms with E-state index in [1.165, 1.54) is 0 Å². The van der Waals surface area contributed by atoms with Crippen LogP contribution in [0.2, 0.25) is 0 Å². The fourth-order valence-electron chi connectivity index (χ4n) is 1.85. The molecule has 4 nitrogen and oxygen atoms in total. The lowest BCUT2D eigenvalue weighted by molar-refractivity contribution is -0.138. The van der Waals surface area contributed by atoms with Crippen LogP contribution in [0.5, 0.6) is 5.75 Å². The number of hydrogen-bond donors (Lipinski definition) is 3. The minimum absolute atomic E-state index is 0.214. The highest BCUT2D eigenvalue weighted by Gasteiger charge is 2.23. The number of hydrogen-bond acceptors (Lipinski definition) is 5. The molecule has 1 aliphatic rings. The number of phenolic OH excluding ortho intramolecular Hbond substituents is 1. The van der Waals surface area contributed by atoms with Gasteiger partial charge in [0.1, 0.15) is 11.8 Å². The Morgan fingerprint density at radius 1 is 1.44 bits per heavy atom. The molecule has 2 rings (SSSR count). The second-order valence-electron chi connectivity index (χ2n) is 4.11. The van der Waals surface area contributed by atoms with Crippen molar-refractivity contribution in [2.75, 3.05) is 11.5 Å². The Morgan fingerprint density at radius 2 is 2.11 bits per heavy atom. The Morgan fingerprint density at radius 3 is 2.72 bits per heavy atom. The molecule has 1 saturated heterocycles. The predicted molar refractivity (Wildman–Crippen MR) is 75.1 cm³/mol. The van der Waals surface area contributed by atoms with Crippen molar-refractivity contribution in [3.8, 4) is 5.75 Å². The summed E-state index contributed by atoms with van der Waals surface area (Å²) in [6.45, 7) is 0. The van der Waals surface area contributed by atoms with Crippen LogP contribution in [0.3, 0.4) is 0 Å². The molecule has 1 aromatic rings. The van der Waals surface area contributed by atoms with E-state index < -0.39 is 12.0 Å². The standard InChI is InChI=1S/C12H15NO3S2/c13-10(11(15)16)5-7-1-2-8(14)6-9(7)12-17-3-4-18-12/h1-2,6,10,12,14H,3-5,13H2,(H,15,16)/t10-/m0/s1. The predicted octanol–water partition coefficient (Wildman–Crippen LogP) is 1.83. The molecule has 1 heterocycles. The summed E-state index contributed by atoms with van der Waals surface area (Å²) in [5.41, 5.74) is 7.49. The summed E-state index contributed by atoms with van der Waals surface area (Å²) in [4.78, 5) is 10.8. The maximum absolute atomic E-state index is 10.8. The first-order valence-electron chi connectivity index (χ1n) is 5.61. The van der Waals surface area contributed by atoms with Gasteiger partial charge >= 0.3 is 5.97 Å². The highest BCUT2D eigenvalue weighted by molar-refractivity contribution is 8.19. The zero-order valence-corrected chi connectivity index (χ0v) is 11.3. The molecule has 0 spiro atoms. The van der Waals surface area contributed by atoms with Crippen LogP contribution < -0.4 is 5.73 Å². The monoisotopic (exact) mass is 285 g/mol. The van der Waals surface area contributed by atoms with Gasteiger partial charge in [-0.05, 0) is 29.7 Å². The van der Waals surface area contributed by atoms with Crippen molar-refractivity contribution < 1.29 is 15.0 Å². The molecule has 0 radical (unpaired) electrons. The van der Waals surface area contributed by atoms with Gasteiger partial charge in [0.05, 0.1) is 4.58 Å². The summed E-state index contributed by atoms with van der Waals surface area (Å²) in [5.74, 6) is 1.37. The minimum atomic E-state index is -0.999. The van der Waals surface area contributed by atoms with Crippen LogP contribution in [0.15, 0.2) is 18.2 Å². The second kappa shape index (κ2) is 5.86. The van der Waals surface area contributed by atoms with E-state index in [-0.39, 0.29) is 10.3 Å². The fourth-order valence-corrected chi connectivity index (χ4v) is 4.81. The number of benzene rings is 1. The first-order valence-corrected chi connectivity index (χ1v) is 7.71. The SMILES string of the molecule is N[C@@H](Cc1ccc(O)cc1C1SCCS1)C(=O)O. The molecule has 98 valence electrons. The lowest BCUT2D eigenvalue weighted by Crippen LogP contribution is -2.32. The van der Waals surface area contributed by atoms with E-state index in [0.717, 1.165) is 22.6 Å². The summed E-state index contributed by atoms with van der Waals surface area (Å²) in [7, 11) is 0. The van der Waals surface area contributed by atoms with Gasteiger partial charge in [0.15, 0.2) is 0 Å². The number of phenols is 1. The minimum Gasteiger partial charge on any atom is -0.508 e. The van der Waals surface area contributed by atoms with Crippen LogP contribution in [0.25, 0.3) is 0 Å². The van der Waals surface area contributed by atoms with E-state index in [0.29, 0.717) is 6.42 Å². The van der Waals surface area contributed by atoms with E-state index in [1.54, 1.807) is 18.2 Å². The number of nitrogens with two attached hydrogens (primary N) is 1. The summed E-state index contributed by atoms with van der Waals surface area (Å²) in [6, 6.07) is 4.18. The molecule has 1 aliphatic heterocycles. The molecular weight excluding hydrogens is 270 g/mol. The topological polar surface area (TPSA) is 83.5 Å². The molecule has 0 aromatic heterocycles. The van der Waals surface area contributed by atoms with E-state index >= 15 is 0 Å². The van der Waals surface area contributed by atoms with Crippen molar-refractivity contribution in [3.63, 3.8) is 0 Å². The molecule has 1 fully saturated rings. The number of rotatable bonds is 4. The van der Waals surface area contributed by atoms with Gasteiger partial charge in [-0.3, -0.25) is 4.79 Å². The second-order valence-corrected chi connectivity index (χ2v) is 6.83. The highest BCUT2D eigenvalue weighted by atomic mass is 32.2. The average molecular weight is 285 g/mol. The van der Waals surface area contributed by atoms with Crippen molar-refractivity contribution in [2.45, 2.75) is 17.0 Å². The molecular formula is C12H15NO3S2. The molecule has 0 unspecified atom stereocenters. The van der Waals surface area contributed by atoms with Gasteiger partial charge in [0.25, 0.3) is 0 Å². The van der Waals surface area contributed by atoms with Crippen LogP contribution in [0.1, 0.15) is 15.7 Å². The van der Waals surface area contributed by atoms with E-state index in [2.05, 4.69) is 0 Å². The average Bonchev–Trinajstić information content (AvgIpc) is 2.84. The highest BCUT2D eigenvalue weighted by Crippen LogP contribution is 2.47. The number of carboxylic acids is 1. The molecule has 6 heteroatoms. The Bertz CT molecular complexity index is 447. The fraction of sp³-hybridized carbons (Fsp3) is 0.417. The normalized spacial score (nSPS) is 17.8. The van der Waals surface area contributed by atoms with Crippen LogP contribution in [0, 0.1) is 0 Å². The number of aliphatic carboxylic acids is 1. The third-order valence-corrected chi connectivity index (χ3v) is 5.83.